The van der Waals surface area contributed by atoms with Gasteiger partial charge in [0.05, 0.1) is 17.6 Å². The van der Waals surface area contributed by atoms with Crippen molar-refractivity contribution >= 4 is 17.6 Å². The standard InChI is InChI=1S/C13H15NO7/c1-20-13(17)9-5-6-11(10(8-9)14(18)19)21-12(16)4-2-3-7-15/h5-6,8,15H,2-4,7H2,1H3. The van der Waals surface area contributed by atoms with Gasteiger partial charge in [-0.1, -0.05) is 0 Å². The number of rotatable bonds is 7. The Bertz CT molecular complexity index is 541. The van der Waals surface area contributed by atoms with Crippen molar-refractivity contribution in [3.05, 3.63) is 33.9 Å². The third-order valence-corrected chi connectivity index (χ3v) is 2.59. The maximum Gasteiger partial charge on any atom is 0.338 e. The normalized spacial score (nSPS) is 10.0. The number of nitro groups is 1. The molecule has 0 heterocycles. The molecule has 0 fully saturated rings. The van der Waals surface area contributed by atoms with E-state index in [0.717, 1.165) is 13.2 Å². The van der Waals surface area contributed by atoms with Crippen molar-refractivity contribution in [3.8, 4) is 5.75 Å². The van der Waals surface area contributed by atoms with Gasteiger partial charge in [0, 0.05) is 19.1 Å². The predicted octanol–water partition coefficient (Wildman–Crippen LogP) is 1.45. The summed E-state index contributed by atoms with van der Waals surface area (Å²) in [5, 5.41) is 19.6. The van der Waals surface area contributed by atoms with Crippen LogP contribution in [-0.4, -0.2) is 35.7 Å². The van der Waals surface area contributed by atoms with Gasteiger partial charge in [-0.15, -0.1) is 0 Å². The van der Waals surface area contributed by atoms with Gasteiger partial charge in [0.2, 0.25) is 5.75 Å². The Morgan fingerprint density at radius 2 is 2.05 bits per heavy atom. The molecule has 0 aliphatic carbocycles. The minimum Gasteiger partial charge on any atom is -0.465 e. The summed E-state index contributed by atoms with van der Waals surface area (Å²) in [6, 6.07) is 3.44. The summed E-state index contributed by atoms with van der Waals surface area (Å²) in [4.78, 5) is 33.0. The van der Waals surface area contributed by atoms with Crippen LogP contribution in [0.2, 0.25) is 0 Å². The lowest BCUT2D eigenvalue weighted by molar-refractivity contribution is -0.385. The Hall–Kier alpha value is -2.48. The largest absolute Gasteiger partial charge is 0.465 e. The van der Waals surface area contributed by atoms with Gasteiger partial charge in [-0.3, -0.25) is 14.9 Å². The summed E-state index contributed by atoms with van der Waals surface area (Å²) in [6.45, 7) is -0.0404. The van der Waals surface area contributed by atoms with E-state index in [9.17, 15) is 19.7 Å². The third-order valence-electron chi connectivity index (χ3n) is 2.59. The number of benzene rings is 1. The van der Waals surface area contributed by atoms with Gasteiger partial charge in [-0.05, 0) is 25.0 Å². The van der Waals surface area contributed by atoms with E-state index in [1.165, 1.54) is 12.1 Å². The highest BCUT2D eigenvalue weighted by molar-refractivity contribution is 5.90. The number of nitro benzene ring substituents is 1. The molecule has 0 saturated carbocycles. The van der Waals surface area contributed by atoms with Crippen LogP contribution in [0.15, 0.2) is 18.2 Å². The first-order chi connectivity index (χ1) is 9.99. The zero-order valence-electron chi connectivity index (χ0n) is 11.4. The average molecular weight is 297 g/mol. The van der Waals surface area contributed by atoms with Crippen LogP contribution >= 0.6 is 0 Å². The quantitative estimate of drug-likeness (QED) is 0.266. The molecule has 8 heteroatoms. The Morgan fingerprint density at radius 1 is 1.33 bits per heavy atom. The van der Waals surface area contributed by atoms with Crippen LogP contribution in [-0.2, 0) is 9.53 Å². The highest BCUT2D eigenvalue weighted by Crippen LogP contribution is 2.28. The molecule has 1 aromatic rings. The van der Waals surface area contributed by atoms with Crippen LogP contribution in [0.1, 0.15) is 29.6 Å². The molecular weight excluding hydrogens is 282 g/mol. The molecule has 0 atom stereocenters. The number of aliphatic hydroxyl groups excluding tert-OH is 1. The van der Waals surface area contributed by atoms with Gasteiger partial charge >= 0.3 is 17.6 Å². The predicted molar refractivity (Wildman–Crippen MR) is 71.0 cm³/mol. The SMILES string of the molecule is COC(=O)c1ccc(OC(=O)CCCCO)c([N+](=O)[O-])c1. The molecule has 8 nitrogen and oxygen atoms in total. The molecular formula is C13H15NO7. The number of carbonyl (C=O) groups excluding carboxylic acids is 2. The lowest BCUT2D eigenvalue weighted by Gasteiger charge is -2.06. The second kappa shape index (κ2) is 7.95. The van der Waals surface area contributed by atoms with Gasteiger partial charge in [0.1, 0.15) is 0 Å². The third kappa shape index (κ3) is 4.84. The fourth-order valence-electron chi connectivity index (χ4n) is 1.55. The molecule has 0 spiro atoms. The van der Waals surface area contributed by atoms with Gasteiger partial charge in [0.25, 0.3) is 0 Å². The highest BCUT2D eigenvalue weighted by atomic mass is 16.6. The van der Waals surface area contributed by atoms with Crippen molar-refractivity contribution in [2.45, 2.75) is 19.3 Å². The van der Waals surface area contributed by atoms with E-state index in [2.05, 4.69) is 4.74 Å². The zero-order chi connectivity index (χ0) is 15.8. The fraction of sp³-hybridized carbons (Fsp3) is 0.385. The van der Waals surface area contributed by atoms with Gasteiger partial charge in [-0.25, -0.2) is 4.79 Å². The van der Waals surface area contributed by atoms with Crippen LogP contribution < -0.4 is 4.74 Å². The van der Waals surface area contributed by atoms with Crippen molar-refractivity contribution in [2.75, 3.05) is 13.7 Å². The molecule has 0 aliphatic rings. The number of nitrogens with zero attached hydrogens (tertiary/aromatic N) is 1. The van der Waals surface area contributed by atoms with Crippen molar-refractivity contribution in [2.24, 2.45) is 0 Å². The van der Waals surface area contributed by atoms with Crippen LogP contribution in [0.3, 0.4) is 0 Å². The summed E-state index contributed by atoms with van der Waals surface area (Å²) in [5.74, 6) is -1.60. The molecule has 0 bridgehead atoms. The van der Waals surface area contributed by atoms with E-state index >= 15 is 0 Å². The smallest absolute Gasteiger partial charge is 0.338 e. The number of esters is 2. The summed E-state index contributed by atoms with van der Waals surface area (Å²) in [7, 11) is 1.16. The van der Waals surface area contributed by atoms with Crippen LogP contribution in [0.25, 0.3) is 0 Å². The molecule has 0 saturated heterocycles. The lowest BCUT2D eigenvalue weighted by atomic mass is 10.2. The Kier molecular flexibility index (Phi) is 6.28. The average Bonchev–Trinajstić information content (AvgIpc) is 2.46. The molecule has 1 aromatic carbocycles. The first-order valence-electron chi connectivity index (χ1n) is 6.18. The van der Waals surface area contributed by atoms with Gasteiger partial charge in [0.15, 0.2) is 0 Å². The topological polar surface area (TPSA) is 116 Å². The first kappa shape index (κ1) is 16.6. The number of methoxy groups -OCH3 is 1. The molecule has 0 unspecified atom stereocenters. The number of carbonyl (C=O) groups is 2. The molecule has 114 valence electrons. The first-order valence-corrected chi connectivity index (χ1v) is 6.18. The monoisotopic (exact) mass is 297 g/mol. The van der Waals surface area contributed by atoms with E-state index in [-0.39, 0.29) is 24.3 Å². The second-order valence-corrected chi connectivity index (χ2v) is 4.09. The number of ether oxygens (including phenoxy) is 2. The number of hydrogen-bond acceptors (Lipinski definition) is 7. The maximum absolute atomic E-state index is 11.5. The van der Waals surface area contributed by atoms with Crippen molar-refractivity contribution in [1.82, 2.24) is 0 Å². The number of aliphatic hydroxyl groups is 1. The van der Waals surface area contributed by atoms with Crippen LogP contribution in [0.4, 0.5) is 5.69 Å². The minimum absolute atomic E-state index is 0.00993. The summed E-state index contributed by atoms with van der Waals surface area (Å²) < 4.78 is 9.37. The van der Waals surface area contributed by atoms with E-state index in [0.29, 0.717) is 12.8 Å². The number of unbranched alkanes of at least 4 members (excludes halogenated alkanes) is 1. The number of hydrogen-bond donors (Lipinski definition) is 1. The van der Waals surface area contributed by atoms with Crippen LogP contribution in [0, 0.1) is 10.1 Å². The Morgan fingerprint density at radius 3 is 2.62 bits per heavy atom. The van der Waals surface area contributed by atoms with E-state index < -0.39 is 22.5 Å². The van der Waals surface area contributed by atoms with E-state index in [1.54, 1.807) is 0 Å². The van der Waals surface area contributed by atoms with Gasteiger partial charge < -0.3 is 14.6 Å². The highest BCUT2D eigenvalue weighted by Gasteiger charge is 2.21. The Balaban J connectivity index is 2.89. The van der Waals surface area contributed by atoms with Crippen molar-refractivity contribution in [3.63, 3.8) is 0 Å². The fourth-order valence-corrected chi connectivity index (χ4v) is 1.55. The molecule has 1 N–H and O–H groups in total. The zero-order valence-corrected chi connectivity index (χ0v) is 11.4. The van der Waals surface area contributed by atoms with Crippen molar-refractivity contribution in [1.29, 1.82) is 0 Å². The molecule has 0 radical (unpaired) electrons. The molecule has 1 rings (SSSR count). The molecule has 21 heavy (non-hydrogen) atoms. The summed E-state index contributed by atoms with van der Waals surface area (Å²) >= 11 is 0. The second-order valence-electron chi connectivity index (χ2n) is 4.09. The maximum atomic E-state index is 11.5. The lowest BCUT2D eigenvalue weighted by Crippen LogP contribution is -2.10. The molecule has 0 aliphatic heterocycles. The van der Waals surface area contributed by atoms with Gasteiger partial charge in [-0.2, -0.15) is 0 Å². The Labute approximate surface area is 120 Å². The summed E-state index contributed by atoms with van der Waals surface area (Å²) in [6.07, 6.45) is 0.901. The van der Waals surface area contributed by atoms with Crippen LogP contribution in [0.5, 0.6) is 5.75 Å². The van der Waals surface area contributed by atoms with Crippen molar-refractivity contribution < 1.29 is 29.1 Å². The van der Waals surface area contributed by atoms with E-state index in [4.69, 9.17) is 9.84 Å². The molecule has 0 amide bonds. The summed E-state index contributed by atoms with van der Waals surface area (Å²) in [5.41, 5.74) is -0.502. The van der Waals surface area contributed by atoms with E-state index in [1.807, 2.05) is 0 Å². The minimum atomic E-state index is -0.747. The molecule has 0 aromatic heterocycles.